The van der Waals surface area contributed by atoms with Gasteiger partial charge in [0.25, 0.3) is 5.56 Å². The van der Waals surface area contributed by atoms with Crippen LogP contribution in [0.4, 0.5) is 5.82 Å². The Morgan fingerprint density at radius 2 is 2.25 bits per heavy atom. The van der Waals surface area contributed by atoms with Gasteiger partial charge in [0.05, 0.1) is 6.10 Å². The molecule has 5 heteroatoms. The summed E-state index contributed by atoms with van der Waals surface area (Å²) in [7, 11) is 0. The molecule has 5 nitrogen and oxygen atoms in total. The fourth-order valence-corrected chi connectivity index (χ4v) is 1.31. The predicted octanol–water partition coefficient (Wildman–Crippen LogP) is 1.01. The Kier molecular flexibility index (Phi) is 4.49. The number of aromatic nitrogens is 2. The van der Waals surface area contributed by atoms with Crippen molar-refractivity contribution < 1.29 is 5.11 Å². The summed E-state index contributed by atoms with van der Waals surface area (Å²) >= 11 is 0. The van der Waals surface area contributed by atoms with Crippen molar-refractivity contribution in [3.8, 4) is 0 Å². The van der Waals surface area contributed by atoms with E-state index in [1.807, 2.05) is 20.8 Å². The summed E-state index contributed by atoms with van der Waals surface area (Å²) in [6, 6.07) is 0.104. The van der Waals surface area contributed by atoms with E-state index in [0.29, 0.717) is 18.8 Å². The minimum atomic E-state index is -0.450. The van der Waals surface area contributed by atoms with Gasteiger partial charge in [-0.1, -0.05) is 6.92 Å². The highest BCUT2D eigenvalue weighted by atomic mass is 16.3. The Hall–Kier alpha value is -1.36. The number of anilines is 1. The van der Waals surface area contributed by atoms with Crippen LogP contribution in [0.1, 0.15) is 33.2 Å². The van der Waals surface area contributed by atoms with E-state index in [1.165, 1.54) is 0 Å². The van der Waals surface area contributed by atoms with Gasteiger partial charge in [0.2, 0.25) is 0 Å². The molecule has 16 heavy (non-hydrogen) atoms. The highest BCUT2D eigenvalue weighted by Gasteiger charge is 2.08. The molecular formula is C11H19N3O2. The van der Waals surface area contributed by atoms with Gasteiger partial charge in [-0.05, 0) is 20.3 Å². The van der Waals surface area contributed by atoms with E-state index in [-0.39, 0.29) is 11.6 Å². The van der Waals surface area contributed by atoms with Crippen molar-refractivity contribution in [3.05, 3.63) is 22.7 Å². The van der Waals surface area contributed by atoms with Gasteiger partial charge >= 0.3 is 0 Å². The summed E-state index contributed by atoms with van der Waals surface area (Å²) < 4.78 is 1.60. The zero-order valence-electron chi connectivity index (χ0n) is 9.97. The Balaban J connectivity index is 2.82. The first kappa shape index (κ1) is 12.7. The Morgan fingerprint density at radius 3 is 2.81 bits per heavy atom. The van der Waals surface area contributed by atoms with Crippen LogP contribution in [0, 0.1) is 0 Å². The first-order valence-corrected chi connectivity index (χ1v) is 5.55. The van der Waals surface area contributed by atoms with E-state index in [4.69, 9.17) is 0 Å². The second-order valence-electron chi connectivity index (χ2n) is 4.02. The molecule has 0 aromatic carbocycles. The number of hydrogen-bond donors (Lipinski definition) is 2. The maximum atomic E-state index is 11.9. The van der Waals surface area contributed by atoms with Crippen molar-refractivity contribution in [1.82, 2.24) is 9.55 Å². The molecule has 1 aromatic heterocycles. The number of hydrogen-bond acceptors (Lipinski definition) is 4. The maximum absolute atomic E-state index is 11.9. The second kappa shape index (κ2) is 5.65. The number of rotatable bonds is 5. The average Bonchev–Trinajstić information content (AvgIpc) is 2.26. The quantitative estimate of drug-likeness (QED) is 0.784. The zero-order valence-corrected chi connectivity index (χ0v) is 9.97. The topological polar surface area (TPSA) is 67.2 Å². The van der Waals surface area contributed by atoms with Crippen LogP contribution in [0.25, 0.3) is 0 Å². The average molecular weight is 225 g/mol. The molecule has 0 bridgehead atoms. The largest absolute Gasteiger partial charge is 0.391 e. The van der Waals surface area contributed by atoms with E-state index in [9.17, 15) is 9.90 Å². The smallest absolute Gasteiger partial charge is 0.293 e. The fraction of sp³-hybridized carbons (Fsp3) is 0.636. The first-order valence-electron chi connectivity index (χ1n) is 5.55. The molecular weight excluding hydrogens is 206 g/mol. The zero-order chi connectivity index (χ0) is 12.1. The van der Waals surface area contributed by atoms with Crippen LogP contribution in [0.5, 0.6) is 0 Å². The maximum Gasteiger partial charge on any atom is 0.293 e. The van der Waals surface area contributed by atoms with Crippen LogP contribution in [-0.4, -0.2) is 27.3 Å². The number of aliphatic hydroxyl groups is 1. The molecule has 0 saturated carbocycles. The van der Waals surface area contributed by atoms with Gasteiger partial charge in [-0.2, -0.15) is 0 Å². The van der Waals surface area contributed by atoms with Crippen molar-refractivity contribution in [2.75, 3.05) is 11.9 Å². The molecule has 90 valence electrons. The van der Waals surface area contributed by atoms with Crippen molar-refractivity contribution in [3.63, 3.8) is 0 Å². The Labute approximate surface area is 95.1 Å². The van der Waals surface area contributed by atoms with E-state index < -0.39 is 6.10 Å². The molecule has 1 heterocycles. The molecule has 0 amide bonds. The van der Waals surface area contributed by atoms with Crippen LogP contribution in [0.15, 0.2) is 17.2 Å². The number of nitrogens with one attached hydrogen (secondary N) is 1. The highest BCUT2D eigenvalue weighted by Crippen LogP contribution is 2.01. The summed E-state index contributed by atoms with van der Waals surface area (Å²) in [5, 5.41) is 12.3. The normalized spacial score (nSPS) is 12.8. The molecule has 0 fully saturated rings. The van der Waals surface area contributed by atoms with Gasteiger partial charge in [0.15, 0.2) is 5.82 Å². The van der Waals surface area contributed by atoms with Crippen LogP contribution in [0.3, 0.4) is 0 Å². The van der Waals surface area contributed by atoms with Crippen molar-refractivity contribution >= 4 is 5.82 Å². The summed E-state index contributed by atoms with van der Waals surface area (Å²) in [6.45, 7) is 6.11. The van der Waals surface area contributed by atoms with Gasteiger partial charge in [0.1, 0.15) is 0 Å². The Bertz CT molecular complexity index is 387. The summed E-state index contributed by atoms with van der Waals surface area (Å²) in [4.78, 5) is 15.8. The number of nitrogens with zero attached hydrogens (tertiary/aromatic N) is 2. The standard InChI is InChI=1S/C11H19N3O2/c1-4-9(15)7-13-10-11(16)14(8(2)3)6-5-12-10/h5-6,8-9,15H,4,7H2,1-3H3,(H,12,13). The van der Waals surface area contributed by atoms with E-state index >= 15 is 0 Å². The lowest BCUT2D eigenvalue weighted by Gasteiger charge is -2.13. The van der Waals surface area contributed by atoms with Crippen LogP contribution >= 0.6 is 0 Å². The first-order chi connectivity index (χ1) is 7.56. The fourth-order valence-electron chi connectivity index (χ4n) is 1.31. The Morgan fingerprint density at radius 1 is 1.56 bits per heavy atom. The van der Waals surface area contributed by atoms with Crippen molar-refractivity contribution in [2.45, 2.75) is 39.3 Å². The third-order valence-electron chi connectivity index (χ3n) is 2.40. The monoisotopic (exact) mass is 225 g/mol. The minimum absolute atomic E-state index is 0.104. The third-order valence-corrected chi connectivity index (χ3v) is 2.40. The molecule has 1 atom stereocenters. The van der Waals surface area contributed by atoms with Gasteiger partial charge in [-0.15, -0.1) is 0 Å². The van der Waals surface area contributed by atoms with Gasteiger partial charge in [-0.3, -0.25) is 4.79 Å². The van der Waals surface area contributed by atoms with Gasteiger partial charge < -0.3 is 15.0 Å². The molecule has 0 spiro atoms. The summed E-state index contributed by atoms with van der Waals surface area (Å²) in [5.41, 5.74) is -0.152. The van der Waals surface area contributed by atoms with E-state index in [0.717, 1.165) is 0 Å². The molecule has 0 aliphatic rings. The molecule has 0 aliphatic carbocycles. The molecule has 0 aliphatic heterocycles. The highest BCUT2D eigenvalue weighted by molar-refractivity contribution is 5.30. The van der Waals surface area contributed by atoms with Crippen molar-refractivity contribution in [1.29, 1.82) is 0 Å². The minimum Gasteiger partial charge on any atom is -0.391 e. The SMILES string of the molecule is CCC(O)CNc1nccn(C(C)C)c1=O. The third kappa shape index (κ3) is 3.06. The molecule has 2 N–H and O–H groups in total. The van der Waals surface area contributed by atoms with Gasteiger partial charge in [0, 0.05) is 25.0 Å². The number of aliphatic hydroxyl groups excluding tert-OH is 1. The lowest BCUT2D eigenvalue weighted by atomic mass is 10.3. The lowest BCUT2D eigenvalue weighted by Crippen LogP contribution is -2.28. The van der Waals surface area contributed by atoms with E-state index in [1.54, 1.807) is 17.0 Å². The lowest BCUT2D eigenvalue weighted by molar-refractivity contribution is 0.183. The van der Waals surface area contributed by atoms with Crippen LogP contribution in [0.2, 0.25) is 0 Å². The molecule has 1 aromatic rings. The molecule has 0 saturated heterocycles. The predicted molar refractivity (Wildman–Crippen MR) is 63.7 cm³/mol. The molecule has 1 unspecified atom stereocenters. The second-order valence-corrected chi connectivity index (χ2v) is 4.02. The van der Waals surface area contributed by atoms with Crippen molar-refractivity contribution in [2.24, 2.45) is 0 Å². The van der Waals surface area contributed by atoms with E-state index in [2.05, 4.69) is 10.3 Å². The summed E-state index contributed by atoms with van der Waals surface area (Å²) in [5.74, 6) is 0.295. The summed E-state index contributed by atoms with van der Waals surface area (Å²) in [6.07, 6.45) is 3.45. The van der Waals surface area contributed by atoms with Crippen LogP contribution in [-0.2, 0) is 0 Å². The van der Waals surface area contributed by atoms with Crippen LogP contribution < -0.4 is 10.9 Å². The van der Waals surface area contributed by atoms with Gasteiger partial charge in [-0.25, -0.2) is 4.98 Å². The molecule has 0 radical (unpaired) electrons. The molecule has 1 rings (SSSR count).